The number of furan rings is 1. The van der Waals surface area contributed by atoms with Crippen LogP contribution in [0.1, 0.15) is 0 Å². The van der Waals surface area contributed by atoms with E-state index >= 15 is 0 Å². The lowest BCUT2D eigenvalue weighted by atomic mass is 9.82. The fourth-order valence-electron chi connectivity index (χ4n) is 8.16. The summed E-state index contributed by atoms with van der Waals surface area (Å²) in [6, 6.07) is 37.4. The van der Waals surface area contributed by atoms with E-state index in [9.17, 15) is 40.9 Å². The van der Waals surface area contributed by atoms with E-state index in [-0.39, 0.29) is 32.7 Å². The first-order valence-corrected chi connectivity index (χ1v) is 17.3. The standard InChI is InChI=1S/C46H28O9/c47-38-34-31(26-11-5-10-24(20-26)25-16-15-21-7-1-2-9-23(21)19-25)35-37(41(50)45(54)43(52)39(35)48)33(36(34)40(49)44(53)42(38)51)28-13-6-14-30-32(28)29-18-17-22-8-3-4-12-27(22)46(29)55-30/h1-20,47-54H. The molecule has 1 aromatic heterocycles. The fourth-order valence-corrected chi connectivity index (χ4v) is 8.16. The maximum atomic E-state index is 11.8. The summed E-state index contributed by atoms with van der Waals surface area (Å²) in [4.78, 5) is 0. The molecule has 0 aliphatic carbocycles. The van der Waals surface area contributed by atoms with E-state index in [2.05, 4.69) is 0 Å². The van der Waals surface area contributed by atoms with Gasteiger partial charge in [0.2, 0.25) is 23.0 Å². The van der Waals surface area contributed by atoms with Crippen molar-refractivity contribution in [3.63, 3.8) is 0 Å². The number of hydrogen-bond acceptors (Lipinski definition) is 9. The highest BCUT2D eigenvalue weighted by atomic mass is 16.4. The lowest BCUT2D eigenvalue weighted by molar-refractivity contribution is 0.350. The summed E-state index contributed by atoms with van der Waals surface area (Å²) in [5, 5.41) is 95.5. The number of aromatic hydroxyl groups is 8. The molecule has 10 aromatic rings. The van der Waals surface area contributed by atoms with Gasteiger partial charge in [0.25, 0.3) is 0 Å². The Balaban J connectivity index is 1.40. The first-order valence-electron chi connectivity index (χ1n) is 17.3. The molecule has 0 bridgehead atoms. The van der Waals surface area contributed by atoms with Crippen LogP contribution in [0.25, 0.3) is 98.4 Å². The van der Waals surface area contributed by atoms with E-state index < -0.39 is 46.0 Å². The summed E-state index contributed by atoms with van der Waals surface area (Å²) in [5.74, 6) is -7.54. The van der Waals surface area contributed by atoms with Crippen molar-refractivity contribution in [2.75, 3.05) is 0 Å². The highest BCUT2D eigenvalue weighted by molar-refractivity contribution is 6.32. The summed E-state index contributed by atoms with van der Waals surface area (Å²) < 4.78 is 6.42. The van der Waals surface area contributed by atoms with Gasteiger partial charge in [0, 0.05) is 48.8 Å². The van der Waals surface area contributed by atoms with E-state index in [1.165, 1.54) is 0 Å². The lowest BCUT2D eigenvalue weighted by Gasteiger charge is -2.23. The van der Waals surface area contributed by atoms with Crippen molar-refractivity contribution in [1.29, 1.82) is 0 Å². The molecule has 55 heavy (non-hydrogen) atoms. The van der Waals surface area contributed by atoms with Gasteiger partial charge in [-0.2, -0.15) is 0 Å². The second-order valence-corrected chi connectivity index (χ2v) is 13.6. The monoisotopic (exact) mass is 724 g/mol. The van der Waals surface area contributed by atoms with Gasteiger partial charge in [0.15, 0.2) is 23.0 Å². The molecule has 9 heteroatoms. The van der Waals surface area contributed by atoms with Crippen LogP contribution < -0.4 is 0 Å². The van der Waals surface area contributed by atoms with Crippen LogP contribution in [0.2, 0.25) is 0 Å². The second-order valence-electron chi connectivity index (χ2n) is 13.6. The predicted molar refractivity (Wildman–Crippen MR) is 213 cm³/mol. The fraction of sp³-hybridized carbons (Fsp3) is 0. The van der Waals surface area contributed by atoms with Crippen molar-refractivity contribution in [3.05, 3.63) is 121 Å². The van der Waals surface area contributed by atoms with E-state index in [1.807, 2.05) is 84.9 Å². The number of rotatable bonds is 3. The molecule has 0 unspecified atom stereocenters. The van der Waals surface area contributed by atoms with E-state index in [0.29, 0.717) is 38.6 Å². The first-order chi connectivity index (χ1) is 26.6. The molecular weight excluding hydrogens is 696 g/mol. The zero-order valence-electron chi connectivity index (χ0n) is 28.5. The van der Waals surface area contributed by atoms with Gasteiger partial charge in [-0.15, -0.1) is 0 Å². The lowest BCUT2D eigenvalue weighted by Crippen LogP contribution is -1.95. The third-order valence-corrected chi connectivity index (χ3v) is 10.7. The second kappa shape index (κ2) is 11.4. The predicted octanol–water partition coefficient (Wildman–Crippen LogP) is 10.8. The molecule has 10 rings (SSSR count). The minimum Gasteiger partial charge on any atom is -0.504 e. The molecule has 0 aliphatic rings. The number of phenolic OH excluding ortho intramolecular Hbond substituents is 8. The van der Waals surface area contributed by atoms with Crippen LogP contribution in [0.15, 0.2) is 126 Å². The van der Waals surface area contributed by atoms with Crippen molar-refractivity contribution in [2.45, 2.75) is 0 Å². The largest absolute Gasteiger partial charge is 0.504 e. The van der Waals surface area contributed by atoms with Crippen LogP contribution in [0.4, 0.5) is 0 Å². The number of phenols is 8. The number of hydrogen-bond donors (Lipinski definition) is 8. The molecular formula is C46H28O9. The Morgan fingerprint density at radius 3 is 1.53 bits per heavy atom. The van der Waals surface area contributed by atoms with Crippen molar-refractivity contribution >= 4 is 65.0 Å². The van der Waals surface area contributed by atoms with E-state index in [0.717, 1.165) is 27.1 Å². The molecule has 0 spiro atoms. The highest BCUT2D eigenvalue weighted by Gasteiger charge is 2.33. The van der Waals surface area contributed by atoms with Crippen LogP contribution >= 0.6 is 0 Å². The van der Waals surface area contributed by atoms with Crippen molar-refractivity contribution < 1.29 is 45.3 Å². The molecule has 9 nitrogen and oxygen atoms in total. The molecule has 0 aliphatic heterocycles. The molecule has 0 fully saturated rings. The maximum absolute atomic E-state index is 11.8. The normalized spacial score (nSPS) is 11.9. The van der Waals surface area contributed by atoms with Gasteiger partial charge in [0.1, 0.15) is 11.2 Å². The minimum absolute atomic E-state index is 0.0298. The Hall–Kier alpha value is -7.78. The maximum Gasteiger partial charge on any atom is 0.204 e. The van der Waals surface area contributed by atoms with Gasteiger partial charge in [-0.3, -0.25) is 0 Å². The van der Waals surface area contributed by atoms with Gasteiger partial charge < -0.3 is 45.3 Å². The van der Waals surface area contributed by atoms with Gasteiger partial charge >= 0.3 is 0 Å². The average molecular weight is 725 g/mol. The quantitative estimate of drug-likeness (QED) is 0.0501. The first kappa shape index (κ1) is 31.9. The van der Waals surface area contributed by atoms with Crippen LogP contribution in [0.3, 0.4) is 0 Å². The van der Waals surface area contributed by atoms with E-state index in [1.54, 1.807) is 36.4 Å². The molecule has 8 N–H and O–H groups in total. The summed E-state index contributed by atoms with van der Waals surface area (Å²) in [7, 11) is 0. The topological polar surface area (TPSA) is 175 Å². The van der Waals surface area contributed by atoms with E-state index in [4.69, 9.17) is 4.42 Å². The van der Waals surface area contributed by atoms with Crippen molar-refractivity contribution in [2.24, 2.45) is 0 Å². The SMILES string of the molecule is Oc1c(O)c(O)c2c(-c3cccc4oc5c6ccccc6ccc5c34)c3c(O)c(O)c(O)c(O)c3c(-c3cccc(-c4ccc5ccccc5c4)c3)c2c1O. The molecule has 0 radical (unpaired) electrons. The molecule has 0 atom stereocenters. The molecule has 1 heterocycles. The van der Waals surface area contributed by atoms with Crippen molar-refractivity contribution in [1.82, 2.24) is 0 Å². The number of fused-ring (bicyclic) bond motifs is 8. The van der Waals surface area contributed by atoms with Crippen molar-refractivity contribution in [3.8, 4) is 79.4 Å². The Morgan fingerprint density at radius 2 is 0.855 bits per heavy atom. The Morgan fingerprint density at radius 1 is 0.327 bits per heavy atom. The van der Waals surface area contributed by atoms with Gasteiger partial charge in [-0.05, 0) is 62.7 Å². The van der Waals surface area contributed by atoms with Crippen LogP contribution in [-0.4, -0.2) is 40.9 Å². The van der Waals surface area contributed by atoms with Gasteiger partial charge in [-0.25, -0.2) is 0 Å². The third kappa shape index (κ3) is 4.35. The van der Waals surface area contributed by atoms with Crippen LogP contribution in [-0.2, 0) is 0 Å². The Labute approximate surface area is 310 Å². The highest BCUT2D eigenvalue weighted by Crippen LogP contribution is 2.62. The van der Waals surface area contributed by atoms with Crippen LogP contribution in [0, 0.1) is 0 Å². The summed E-state index contributed by atoms with van der Waals surface area (Å²) in [5.41, 5.74) is 3.06. The van der Waals surface area contributed by atoms with Gasteiger partial charge in [-0.1, -0.05) is 97.1 Å². The molecule has 0 amide bonds. The molecule has 0 saturated heterocycles. The molecule has 266 valence electrons. The average Bonchev–Trinajstić information content (AvgIpc) is 3.62. The molecule has 0 saturated carbocycles. The zero-order valence-corrected chi connectivity index (χ0v) is 28.5. The summed E-state index contributed by atoms with van der Waals surface area (Å²) >= 11 is 0. The summed E-state index contributed by atoms with van der Waals surface area (Å²) in [6.45, 7) is 0. The summed E-state index contributed by atoms with van der Waals surface area (Å²) in [6.07, 6.45) is 0. The third-order valence-electron chi connectivity index (χ3n) is 10.7. The smallest absolute Gasteiger partial charge is 0.204 e. The minimum atomic E-state index is -1.04. The van der Waals surface area contributed by atoms with Crippen LogP contribution in [0.5, 0.6) is 46.0 Å². The Bertz CT molecular complexity index is 3220. The van der Waals surface area contributed by atoms with Gasteiger partial charge in [0.05, 0.1) is 0 Å². The zero-order chi connectivity index (χ0) is 37.9. The Kier molecular flexibility index (Phi) is 6.59. The molecule has 9 aromatic carbocycles. The number of benzene rings is 9.